The summed E-state index contributed by atoms with van der Waals surface area (Å²) in [6.07, 6.45) is -9.85. The molecule has 1 atom stereocenters. The zero-order chi connectivity index (χ0) is 18.4. The van der Waals surface area contributed by atoms with Crippen molar-refractivity contribution in [3.63, 3.8) is 0 Å². The highest BCUT2D eigenvalue weighted by atomic mass is 19.3. The minimum absolute atomic E-state index is 0.0953. The predicted molar refractivity (Wildman–Crippen MR) is 73.1 cm³/mol. The highest BCUT2D eigenvalue weighted by molar-refractivity contribution is 5.56. The number of benzene rings is 2. The molecule has 1 heterocycles. The van der Waals surface area contributed by atoms with E-state index < -0.39 is 47.1 Å². The summed E-state index contributed by atoms with van der Waals surface area (Å²) in [5.41, 5.74) is -1.72. The van der Waals surface area contributed by atoms with Gasteiger partial charge in [0.2, 0.25) is 0 Å². The molecular weight excluding hydrogens is 349 g/mol. The molecule has 1 aliphatic heterocycles. The summed E-state index contributed by atoms with van der Waals surface area (Å²) in [4.78, 5) is 0. The maximum absolute atomic E-state index is 13.6. The van der Waals surface area contributed by atoms with Crippen molar-refractivity contribution in [3.05, 3.63) is 52.8 Å². The Kier molecular flexibility index (Phi) is 4.00. The van der Waals surface area contributed by atoms with Gasteiger partial charge in [0.25, 0.3) is 6.43 Å². The number of hydrogen-bond acceptors (Lipinski definition) is 4. The molecule has 1 aliphatic rings. The van der Waals surface area contributed by atoms with Crippen molar-refractivity contribution in [2.24, 2.45) is 0 Å². The maximum Gasteiger partial charge on any atom is 0.429 e. The molecule has 1 N–H and O–H groups in total. The van der Waals surface area contributed by atoms with E-state index in [4.69, 9.17) is 10.00 Å². The van der Waals surface area contributed by atoms with Gasteiger partial charge in [-0.05, 0) is 24.3 Å². The number of aliphatic hydroxyl groups excluding tert-OH is 1. The smallest absolute Gasteiger partial charge is 0.429 e. The summed E-state index contributed by atoms with van der Waals surface area (Å²) in [5.74, 6) is -2.23. The van der Waals surface area contributed by atoms with Crippen LogP contribution in [0.3, 0.4) is 0 Å². The van der Waals surface area contributed by atoms with Gasteiger partial charge in [-0.2, -0.15) is 14.0 Å². The maximum atomic E-state index is 13.6. The standard InChI is InChI=1S/C16H8F5NO3/c17-8-3-7(6-22)4-9(5-8)24-11-2-1-10(15(18)19)12-13(11)25-16(20,21)14(12)23/h1-5,14-15,23H. The van der Waals surface area contributed by atoms with Gasteiger partial charge in [0.15, 0.2) is 17.6 Å². The van der Waals surface area contributed by atoms with Crippen LogP contribution in [-0.2, 0) is 0 Å². The van der Waals surface area contributed by atoms with Crippen molar-refractivity contribution in [1.29, 1.82) is 5.26 Å². The summed E-state index contributed by atoms with van der Waals surface area (Å²) >= 11 is 0. The molecule has 0 aliphatic carbocycles. The fourth-order valence-electron chi connectivity index (χ4n) is 2.43. The fourth-order valence-corrected chi connectivity index (χ4v) is 2.43. The van der Waals surface area contributed by atoms with Crippen LogP contribution in [0.25, 0.3) is 0 Å². The van der Waals surface area contributed by atoms with Gasteiger partial charge in [-0.1, -0.05) is 0 Å². The van der Waals surface area contributed by atoms with Crippen LogP contribution in [0.1, 0.15) is 29.2 Å². The van der Waals surface area contributed by atoms with Gasteiger partial charge in [-0.3, -0.25) is 0 Å². The van der Waals surface area contributed by atoms with Gasteiger partial charge in [-0.15, -0.1) is 0 Å². The normalized spacial score (nSPS) is 17.8. The summed E-state index contributed by atoms with van der Waals surface area (Å²) in [5, 5.41) is 18.4. The van der Waals surface area contributed by atoms with E-state index in [1.807, 2.05) is 0 Å². The Morgan fingerprint density at radius 2 is 1.96 bits per heavy atom. The lowest BCUT2D eigenvalue weighted by molar-refractivity contribution is -0.224. The molecule has 1 unspecified atom stereocenters. The van der Waals surface area contributed by atoms with E-state index in [0.29, 0.717) is 0 Å². The van der Waals surface area contributed by atoms with Gasteiger partial charge < -0.3 is 14.6 Å². The van der Waals surface area contributed by atoms with Crippen LogP contribution in [-0.4, -0.2) is 11.2 Å². The number of ether oxygens (including phenoxy) is 2. The van der Waals surface area contributed by atoms with Crippen molar-refractivity contribution in [3.8, 4) is 23.3 Å². The van der Waals surface area contributed by atoms with Crippen LogP contribution in [0.4, 0.5) is 22.0 Å². The van der Waals surface area contributed by atoms with Crippen molar-refractivity contribution in [1.82, 2.24) is 0 Å². The quantitative estimate of drug-likeness (QED) is 0.825. The molecule has 0 aromatic heterocycles. The first-order valence-corrected chi connectivity index (χ1v) is 6.81. The first kappa shape index (κ1) is 17.0. The minimum atomic E-state index is -4.12. The minimum Gasteiger partial charge on any atom is -0.453 e. The molecule has 2 aromatic rings. The molecule has 9 heteroatoms. The van der Waals surface area contributed by atoms with Crippen LogP contribution in [0, 0.1) is 17.1 Å². The molecule has 0 spiro atoms. The van der Waals surface area contributed by atoms with Crippen molar-refractivity contribution < 1.29 is 36.5 Å². The Balaban J connectivity index is 2.08. The summed E-state index contributed by atoms with van der Waals surface area (Å²) < 4.78 is 76.2. The van der Waals surface area contributed by atoms with E-state index in [1.165, 1.54) is 0 Å². The molecule has 0 radical (unpaired) electrons. The monoisotopic (exact) mass is 357 g/mol. The second-order valence-corrected chi connectivity index (χ2v) is 5.15. The van der Waals surface area contributed by atoms with Crippen molar-refractivity contribution >= 4 is 0 Å². The average molecular weight is 357 g/mol. The van der Waals surface area contributed by atoms with E-state index >= 15 is 0 Å². The van der Waals surface area contributed by atoms with Gasteiger partial charge in [-0.25, -0.2) is 13.2 Å². The lowest BCUT2D eigenvalue weighted by atomic mass is 10.0. The van der Waals surface area contributed by atoms with Crippen LogP contribution in [0.2, 0.25) is 0 Å². The molecule has 130 valence electrons. The Morgan fingerprint density at radius 3 is 2.60 bits per heavy atom. The molecule has 0 bridgehead atoms. The lowest BCUT2D eigenvalue weighted by Gasteiger charge is -2.13. The summed E-state index contributed by atoms with van der Waals surface area (Å²) in [6.45, 7) is 0. The lowest BCUT2D eigenvalue weighted by Crippen LogP contribution is -2.26. The Labute approximate surface area is 137 Å². The van der Waals surface area contributed by atoms with Crippen molar-refractivity contribution in [2.75, 3.05) is 0 Å². The number of nitriles is 1. The largest absolute Gasteiger partial charge is 0.453 e. The Hall–Kier alpha value is -2.86. The number of halogens is 5. The Morgan fingerprint density at radius 1 is 1.24 bits per heavy atom. The average Bonchev–Trinajstić information content (AvgIpc) is 2.78. The number of nitrogens with zero attached hydrogens (tertiary/aromatic N) is 1. The van der Waals surface area contributed by atoms with E-state index in [-0.39, 0.29) is 11.3 Å². The van der Waals surface area contributed by atoms with Crippen LogP contribution < -0.4 is 9.47 Å². The Bertz CT molecular complexity index is 879. The third kappa shape index (κ3) is 2.96. The fraction of sp³-hybridized carbons (Fsp3) is 0.188. The summed E-state index contributed by atoms with van der Waals surface area (Å²) in [7, 11) is 0. The first-order valence-electron chi connectivity index (χ1n) is 6.81. The van der Waals surface area contributed by atoms with E-state index in [1.54, 1.807) is 6.07 Å². The molecule has 4 nitrogen and oxygen atoms in total. The first-order chi connectivity index (χ1) is 11.7. The van der Waals surface area contributed by atoms with Crippen LogP contribution in [0.15, 0.2) is 30.3 Å². The topological polar surface area (TPSA) is 62.5 Å². The molecule has 3 rings (SSSR count). The third-order valence-corrected chi connectivity index (χ3v) is 3.49. The second-order valence-electron chi connectivity index (χ2n) is 5.15. The van der Waals surface area contributed by atoms with Crippen molar-refractivity contribution in [2.45, 2.75) is 18.6 Å². The van der Waals surface area contributed by atoms with Crippen LogP contribution >= 0.6 is 0 Å². The van der Waals surface area contributed by atoms with Gasteiger partial charge >= 0.3 is 6.11 Å². The zero-order valence-electron chi connectivity index (χ0n) is 12.1. The predicted octanol–water partition coefficient (Wildman–Crippen LogP) is 4.45. The molecular formula is C16H8F5NO3. The second kappa shape index (κ2) is 5.89. The van der Waals surface area contributed by atoms with E-state index in [2.05, 4.69) is 4.74 Å². The summed E-state index contributed by atoms with van der Waals surface area (Å²) in [6, 6.07) is 6.34. The number of fused-ring (bicyclic) bond motifs is 1. The molecule has 0 saturated carbocycles. The number of alkyl halides is 4. The highest BCUT2D eigenvalue weighted by Crippen LogP contribution is 2.53. The molecule has 2 aromatic carbocycles. The highest BCUT2D eigenvalue weighted by Gasteiger charge is 2.53. The van der Waals surface area contributed by atoms with Gasteiger partial charge in [0, 0.05) is 17.2 Å². The number of aliphatic hydroxyl groups is 1. The molecule has 0 amide bonds. The molecule has 0 saturated heterocycles. The SMILES string of the molecule is N#Cc1cc(F)cc(Oc2ccc(C(F)F)c3c2OC(F)(F)C3O)c1. The third-order valence-electron chi connectivity index (χ3n) is 3.49. The molecule has 25 heavy (non-hydrogen) atoms. The molecule has 0 fully saturated rings. The number of hydrogen-bond donors (Lipinski definition) is 1. The van der Waals surface area contributed by atoms with E-state index in [0.717, 1.165) is 30.3 Å². The van der Waals surface area contributed by atoms with E-state index in [9.17, 15) is 27.1 Å². The number of rotatable bonds is 3. The zero-order valence-corrected chi connectivity index (χ0v) is 12.1. The van der Waals surface area contributed by atoms with Crippen LogP contribution in [0.5, 0.6) is 17.2 Å². The van der Waals surface area contributed by atoms with Gasteiger partial charge in [0.1, 0.15) is 11.6 Å². The van der Waals surface area contributed by atoms with Gasteiger partial charge in [0.05, 0.1) is 11.6 Å².